The molecule has 0 bridgehead atoms. The van der Waals surface area contributed by atoms with Crippen molar-refractivity contribution in [3.63, 3.8) is 0 Å². The molecule has 4 amide bonds. The summed E-state index contributed by atoms with van der Waals surface area (Å²) in [6.07, 6.45) is 0. The fourth-order valence-corrected chi connectivity index (χ4v) is 5.19. The van der Waals surface area contributed by atoms with Crippen LogP contribution in [0.2, 0.25) is 0 Å². The summed E-state index contributed by atoms with van der Waals surface area (Å²) < 4.78 is 5.83. The Labute approximate surface area is 226 Å². The average molecular weight is 530 g/mol. The molecule has 1 aromatic heterocycles. The number of hydrogen-bond acceptors (Lipinski definition) is 7. The Balaban J connectivity index is 1.24. The number of oxazole rings is 1. The van der Waals surface area contributed by atoms with E-state index in [1.807, 2.05) is 6.92 Å². The van der Waals surface area contributed by atoms with Crippen LogP contribution in [0.4, 0.5) is 5.69 Å². The van der Waals surface area contributed by atoms with Gasteiger partial charge in [-0.15, -0.1) is 0 Å². The number of phenols is 1. The van der Waals surface area contributed by atoms with Crippen LogP contribution in [0.15, 0.2) is 77.2 Å². The number of aromatic nitrogens is 1. The molecule has 2 aliphatic rings. The fourth-order valence-electron chi connectivity index (χ4n) is 5.19. The highest BCUT2D eigenvalue weighted by Gasteiger charge is 2.38. The van der Waals surface area contributed by atoms with Gasteiger partial charge < -0.3 is 9.52 Å². The molecule has 0 fully saturated rings. The Morgan fingerprint density at radius 3 is 2.02 bits per heavy atom. The van der Waals surface area contributed by atoms with Crippen molar-refractivity contribution in [3.8, 4) is 28.3 Å². The Morgan fingerprint density at radius 2 is 1.30 bits per heavy atom. The lowest BCUT2D eigenvalue weighted by molar-refractivity contribution is 0.0692. The lowest BCUT2D eigenvalue weighted by Gasteiger charge is -2.13. The first-order valence-corrected chi connectivity index (χ1v) is 12.4. The third-order valence-electron chi connectivity index (χ3n) is 7.32. The second kappa shape index (κ2) is 8.21. The number of carbonyl (C=O) groups excluding carboxylic acids is 4. The first-order valence-electron chi connectivity index (χ1n) is 12.4. The number of anilines is 1. The molecule has 3 heterocycles. The predicted octanol–water partition coefficient (Wildman–Crippen LogP) is 5.20. The number of rotatable bonds is 3. The van der Waals surface area contributed by atoms with Gasteiger partial charge in [0.15, 0.2) is 5.58 Å². The maximum absolute atomic E-state index is 13.5. The van der Waals surface area contributed by atoms with E-state index in [4.69, 9.17) is 4.42 Å². The zero-order chi connectivity index (χ0) is 27.9. The monoisotopic (exact) mass is 529 g/mol. The number of aryl methyl sites for hydroxylation is 1. The number of phenolic OH excluding ortho intramolecular Hbond substituents is 1. The number of imide groups is 2. The minimum absolute atomic E-state index is 0.0277. The highest BCUT2D eigenvalue weighted by Crippen LogP contribution is 2.36. The quantitative estimate of drug-likeness (QED) is 0.319. The van der Waals surface area contributed by atoms with E-state index in [2.05, 4.69) is 4.98 Å². The zero-order valence-corrected chi connectivity index (χ0v) is 21.3. The number of benzene rings is 4. The van der Waals surface area contributed by atoms with Gasteiger partial charge in [-0.1, -0.05) is 23.8 Å². The van der Waals surface area contributed by atoms with Gasteiger partial charge in [0.25, 0.3) is 23.6 Å². The first kappa shape index (κ1) is 23.5. The molecule has 0 atom stereocenters. The summed E-state index contributed by atoms with van der Waals surface area (Å²) in [5.74, 6) is -1.45. The number of aromatic hydroxyl groups is 1. The number of fused-ring (bicyclic) bond motifs is 3. The molecule has 4 aromatic carbocycles. The summed E-state index contributed by atoms with van der Waals surface area (Å²) >= 11 is 0. The van der Waals surface area contributed by atoms with Gasteiger partial charge in [-0.25, -0.2) is 9.88 Å². The summed E-state index contributed by atoms with van der Waals surface area (Å²) in [6.45, 7) is 1.89. The van der Waals surface area contributed by atoms with Gasteiger partial charge in [0.1, 0.15) is 11.3 Å². The molecule has 0 unspecified atom stereocenters. The molecule has 9 nitrogen and oxygen atoms in total. The Hall–Kier alpha value is -5.57. The van der Waals surface area contributed by atoms with Gasteiger partial charge in [0.05, 0.1) is 33.5 Å². The van der Waals surface area contributed by atoms with Crippen LogP contribution in [0.1, 0.15) is 47.0 Å². The molecule has 9 heteroatoms. The molecule has 40 heavy (non-hydrogen) atoms. The van der Waals surface area contributed by atoms with E-state index < -0.39 is 11.8 Å². The maximum atomic E-state index is 13.5. The number of amides is 4. The van der Waals surface area contributed by atoms with Gasteiger partial charge in [-0.05, 0) is 72.6 Å². The van der Waals surface area contributed by atoms with Gasteiger partial charge in [0, 0.05) is 7.05 Å². The molecule has 7 rings (SSSR count). The molecular formula is C31H19N3O6. The van der Waals surface area contributed by atoms with Crippen molar-refractivity contribution < 1.29 is 28.7 Å². The molecule has 1 N–H and O–H groups in total. The van der Waals surface area contributed by atoms with Crippen molar-refractivity contribution >= 4 is 40.4 Å². The topological polar surface area (TPSA) is 121 Å². The van der Waals surface area contributed by atoms with Crippen LogP contribution in [0.3, 0.4) is 0 Å². The lowest BCUT2D eigenvalue weighted by Crippen LogP contribution is -2.29. The van der Waals surface area contributed by atoms with Crippen LogP contribution >= 0.6 is 0 Å². The molecule has 194 valence electrons. The molecule has 0 radical (unpaired) electrons. The summed E-state index contributed by atoms with van der Waals surface area (Å²) in [6, 6.07) is 19.8. The highest BCUT2D eigenvalue weighted by molar-refractivity contribution is 6.35. The van der Waals surface area contributed by atoms with E-state index in [0.29, 0.717) is 44.6 Å². The van der Waals surface area contributed by atoms with Crippen LogP contribution in [0.25, 0.3) is 33.7 Å². The molecule has 0 saturated heterocycles. The second-order valence-electron chi connectivity index (χ2n) is 9.83. The Morgan fingerprint density at radius 1 is 0.675 bits per heavy atom. The normalized spacial score (nSPS) is 14.4. The van der Waals surface area contributed by atoms with Crippen molar-refractivity contribution in [2.45, 2.75) is 6.92 Å². The van der Waals surface area contributed by atoms with Gasteiger partial charge >= 0.3 is 0 Å². The fraction of sp³-hybridized carbons (Fsp3) is 0.0645. The minimum atomic E-state index is -0.492. The minimum Gasteiger partial charge on any atom is -0.507 e. The summed E-state index contributed by atoms with van der Waals surface area (Å²) in [5.41, 5.74) is 4.96. The van der Waals surface area contributed by atoms with E-state index in [0.717, 1.165) is 15.4 Å². The third kappa shape index (κ3) is 3.31. The molecular weight excluding hydrogens is 510 g/mol. The predicted molar refractivity (Wildman–Crippen MR) is 145 cm³/mol. The SMILES string of the molecule is Cc1ccc(O)c(-c2nc3cc(N4C(=O)c5ccc(-c6ccc7c(c6)C(=O)N(C)C7=O)cc5C4=O)ccc3o2)c1. The average Bonchev–Trinajstić information content (AvgIpc) is 3.56. The highest BCUT2D eigenvalue weighted by atomic mass is 16.3. The zero-order valence-electron chi connectivity index (χ0n) is 21.3. The van der Waals surface area contributed by atoms with Crippen molar-refractivity contribution in [3.05, 3.63) is 101 Å². The van der Waals surface area contributed by atoms with Crippen LogP contribution in [-0.4, -0.2) is 45.7 Å². The van der Waals surface area contributed by atoms with Gasteiger partial charge in [-0.2, -0.15) is 0 Å². The van der Waals surface area contributed by atoms with Gasteiger partial charge in [0.2, 0.25) is 5.89 Å². The Bertz CT molecular complexity index is 1990. The molecule has 2 aliphatic heterocycles. The smallest absolute Gasteiger partial charge is 0.266 e. The lowest BCUT2D eigenvalue weighted by atomic mass is 9.97. The second-order valence-corrected chi connectivity index (χ2v) is 9.83. The van der Waals surface area contributed by atoms with Crippen LogP contribution in [0, 0.1) is 6.92 Å². The molecule has 0 spiro atoms. The van der Waals surface area contributed by atoms with Crippen molar-refractivity contribution in [1.82, 2.24) is 9.88 Å². The number of hydrogen-bond donors (Lipinski definition) is 1. The molecule has 0 aliphatic carbocycles. The largest absolute Gasteiger partial charge is 0.507 e. The van der Waals surface area contributed by atoms with Crippen LogP contribution in [0.5, 0.6) is 5.75 Å². The standard InChI is InChI=1S/C31H19N3O6/c1-15-3-9-25(35)23(11-15)27-32-24-14-18(6-10-26(24)40-27)34-30(38)20-8-5-17(13-22(20)31(34)39)16-4-7-19-21(12-16)29(37)33(2)28(19)36/h3-14,35H,1-2H3. The van der Waals surface area contributed by atoms with Gasteiger partial charge in [-0.3, -0.25) is 24.1 Å². The number of nitrogens with zero attached hydrogens (tertiary/aromatic N) is 3. The van der Waals surface area contributed by atoms with Crippen LogP contribution < -0.4 is 4.90 Å². The van der Waals surface area contributed by atoms with E-state index in [9.17, 15) is 24.3 Å². The molecule has 5 aromatic rings. The third-order valence-corrected chi connectivity index (χ3v) is 7.32. The summed E-state index contributed by atoms with van der Waals surface area (Å²) in [7, 11) is 1.43. The summed E-state index contributed by atoms with van der Waals surface area (Å²) in [5, 5.41) is 10.3. The number of carbonyl (C=O) groups is 4. The first-order chi connectivity index (χ1) is 19.2. The van der Waals surface area contributed by atoms with Crippen molar-refractivity contribution in [1.29, 1.82) is 0 Å². The summed E-state index contributed by atoms with van der Waals surface area (Å²) in [4.78, 5) is 58.1. The maximum Gasteiger partial charge on any atom is 0.266 e. The van der Waals surface area contributed by atoms with E-state index in [-0.39, 0.29) is 34.6 Å². The van der Waals surface area contributed by atoms with E-state index in [1.54, 1.807) is 72.8 Å². The van der Waals surface area contributed by atoms with Crippen molar-refractivity contribution in [2.75, 3.05) is 11.9 Å². The van der Waals surface area contributed by atoms with E-state index >= 15 is 0 Å². The van der Waals surface area contributed by atoms with Crippen molar-refractivity contribution in [2.24, 2.45) is 0 Å². The molecule has 0 saturated carbocycles. The van der Waals surface area contributed by atoms with E-state index in [1.165, 1.54) is 7.05 Å². The Kier molecular flexibility index (Phi) is 4.83. The van der Waals surface area contributed by atoms with Crippen LogP contribution in [-0.2, 0) is 0 Å².